The van der Waals surface area contributed by atoms with Crippen molar-refractivity contribution in [2.24, 2.45) is 0 Å². The minimum Gasteiger partial charge on any atom is -0.478 e. The molecule has 0 amide bonds. The molecule has 1 aromatic carbocycles. The van der Waals surface area contributed by atoms with E-state index in [1.807, 2.05) is 0 Å². The van der Waals surface area contributed by atoms with Gasteiger partial charge in [-0.3, -0.25) is 0 Å². The summed E-state index contributed by atoms with van der Waals surface area (Å²) < 4.78 is 39.2. The maximum Gasteiger partial charge on any atom is 0.573 e. The molecule has 0 saturated carbocycles. The summed E-state index contributed by atoms with van der Waals surface area (Å²) >= 11 is 0. The number of rotatable bonds is 3. The Balaban J connectivity index is 2.83. The van der Waals surface area contributed by atoms with Gasteiger partial charge in [-0.15, -0.1) is 13.2 Å². The van der Waals surface area contributed by atoms with Crippen molar-refractivity contribution in [1.29, 1.82) is 0 Å². The zero-order chi connectivity index (χ0) is 12.2. The average Bonchev–Trinajstić information content (AvgIpc) is 2.12. The van der Waals surface area contributed by atoms with Crippen LogP contribution in [-0.2, 0) is 4.79 Å². The largest absolute Gasteiger partial charge is 0.573 e. The second-order valence-electron chi connectivity index (χ2n) is 2.79. The van der Waals surface area contributed by atoms with Crippen LogP contribution in [0.5, 0.6) is 5.75 Å². The molecule has 0 radical (unpaired) electrons. The highest BCUT2D eigenvalue weighted by Gasteiger charge is 2.30. The number of alkyl halides is 3. The second kappa shape index (κ2) is 4.69. The van der Waals surface area contributed by atoms with Crippen LogP contribution in [0.1, 0.15) is 5.56 Å². The van der Waals surface area contributed by atoms with E-state index in [-0.39, 0.29) is 5.75 Å². The molecule has 1 aromatic rings. The number of hydrogen-bond donors (Lipinski definition) is 1. The van der Waals surface area contributed by atoms with Crippen molar-refractivity contribution in [3.05, 3.63) is 35.9 Å². The minimum absolute atomic E-state index is 0.309. The Kier molecular flexibility index (Phi) is 3.55. The molecule has 0 spiro atoms. The third kappa shape index (κ3) is 4.50. The molecule has 0 saturated heterocycles. The standard InChI is InChI=1S/C10H7F3O3/c11-10(12,13)16-8-3-1-2-7(6-8)4-5-9(14)15/h1-6H,(H,14,15)/b5-4-. The van der Waals surface area contributed by atoms with Crippen molar-refractivity contribution < 1.29 is 27.8 Å². The molecule has 0 unspecified atom stereocenters. The van der Waals surface area contributed by atoms with Gasteiger partial charge in [-0.1, -0.05) is 12.1 Å². The SMILES string of the molecule is O=C(O)/C=C\c1cccc(OC(F)(F)F)c1. The summed E-state index contributed by atoms with van der Waals surface area (Å²) in [7, 11) is 0. The van der Waals surface area contributed by atoms with E-state index in [0.717, 1.165) is 18.2 Å². The van der Waals surface area contributed by atoms with Crippen molar-refractivity contribution in [1.82, 2.24) is 0 Å². The fraction of sp³-hybridized carbons (Fsp3) is 0.100. The van der Waals surface area contributed by atoms with Gasteiger partial charge in [0.15, 0.2) is 0 Å². The minimum atomic E-state index is -4.75. The van der Waals surface area contributed by atoms with E-state index in [4.69, 9.17) is 5.11 Å². The van der Waals surface area contributed by atoms with Gasteiger partial charge in [-0.2, -0.15) is 0 Å². The molecule has 1 rings (SSSR count). The number of ether oxygens (including phenoxy) is 1. The number of halogens is 3. The van der Waals surface area contributed by atoms with Crippen LogP contribution >= 0.6 is 0 Å². The zero-order valence-electron chi connectivity index (χ0n) is 7.86. The van der Waals surface area contributed by atoms with Crippen LogP contribution in [0.25, 0.3) is 6.08 Å². The Hall–Kier alpha value is -1.98. The lowest BCUT2D eigenvalue weighted by Gasteiger charge is -2.08. The molecule has 16 heavy (non-hydrogen) atoms. The maximum absolute atomic E-state index is 11.9. The summed E-state index contributed by atoms with van der Waals surface area (Å²) in [5, 5.41) is 8.33. The van der Waals surface area contributed by atoms with Crippen LogP contribution in [0.15, 0.2) is 30.3 Å². The fourth-order valence-electron chi connectivity index (χ4n) is 0.983. The fourth-order valence-corrected chi connectivity index (χ4v) is 0.983. The first-order valence-electron chi connectivity index (χ1n) is 4.13. The normalized spacial score (nSPS) is 11.7. The molecule has 0 heterocycles. The van der Waals surface area contributed by atoms with Crippen LogP contribution in [0.4, 0.5) is 13.2 Å². The topological polar surface area (TPSA) is 46.5 Å². The molecule has 0 atom stereocenters. The van der Waals surface area contributed by atoms with E-state index in [1.54, 1.807) is 0 Å². The molecule has 0 aliphatic carbocycles. The first kappa shape index (κ1) is 12.1. The van der Waals surface area contributed by atoms with Gasteiger partial charge >= 0.3 is 12.3 Å². The first-order valence-corrected chi connectivity index (χ1v) is 4.13. The van der Waals surface area contributed by atoms with Crippen molar-refractivity contribution in [2.75, 3.05) is 0 Å². The highest BCUT2D eigenvalue weighted by Crippen LogP contribution is 2.23. The molecule has 0 fully saturated rings. The lowest BCUT2D eigenvalue weighted by Crippen LogP contribution is -2.17. The Morgan fingerprint density at radius 2 is 2.06 bits per heavy atom. The van der Waals surface area contributed by atoms with Crippen LogP contribution in [0.2, 0.25) is 0 Å². The predicted octanol–water partition coefficient (Wildman–Crippen LogP) is 2.68. The third-order valence-corrected chi connectivity index (χ3v) is 1.51. The van der Waals surface area contributed by atoms with Gasteiger partial charge in [0.1, 0.15) is 5.75 Å². The molecule has 0 aromatic heterocycles. The number of benzene rings is 1. The highest BCUT2D eigenvalue weighted by atomic mass is 19.4. The zero-order valence-corrected chi connectivity index (χ0v) is 7.86. The Morgan fingerprint density at radius 1 is 1.38 bits per heavy atom. The molecule has 0 aliphatic heterocycles. The molecule has 1 N–H and O–H groups in total. The van der Waals surface area contributed by atoms with Gasteiger partial charge < -0.3 is 9.84 Å². The molecular formula is C10H7F3O3. The Morgan fingerprint density at radius 3 is 2.62 bits per heavy atom. The Labute approximate surface area is 88.8 Å². The van der Waals surface area contributed by atoms with Gasteiger partial charge in [-0.25, -0.2) is 4.79 Å². The van der Waals surface area contributed by atoms with Crippen molar-refractivity contribution in [3.63, 3.8) is 0 Å². The van der Waals surface area contributed by atoms with E-state index >= 15 is 0 Å². The molecule has 3 nitrogen and oxygen atoms in total. The van der Waals surface area contributed by atoms with Crippen LogP contribution in [-0.4, -0.2) is 17.4 Å². The van der Waals surface area contributed by atoms with Gasteiger partial charge in [0.25, 0.3) is 0 Å². The Bertz CT molecular complexity index is 410. The highest BCUT2D eigenvalue weighted by molar-refractivity contribution is 5.85. The van der Waals surface area contributed by atoms with Crippen LogP contribution < -0.4 is 4.74 Å². The summed E-state index contributed by atoms with van der Waals surface area (Å²) in [5.74, 6) is -1.57. The maximum atomic E-state index is 11.9. The monoisotopic (exact) mass is 232 g/mol. The summed E-state index contributed by atoms with van der Waals surface area (Å²) in [5.41, 5.74) is 0.309. The number of hydrogen-bond acceptors (Lipinski definition) is 2. The van der Waals surface area contributed by atoms with Gasteiger partial charge in [-0.05, 0) is 23.8 Å². The van der Waals surface area contributed by atoms with E-state index in [1.165, 1.54) is 18.2 Å². The predicted molar refractivity (Wildman–Crippen MR) is 49.8 cm³/mol. The molecule has 0 bridgehead atoms. The molecule has 6 heteroatoms. The smallest absolute Gasteiger partial charge is 0.478 e. The number of aliphatic carboxylic acids is 1. The second-order valence-corrected chi connectivity index (χ2v) is 2.79. The quantitative estimate of drug-likeness (QED) is 0.815. The van der Waals surface area contributed by atoms with Gasteiger partial charge in [0.05, 0.1) is 0 Å². The van der Waals surface area contributed by atoms with Gasteiger partial charge in [0, 0.05) is 6.08 Å². The molecule has 86 valence electrons. The lowest BCUT2D eigenvalue weighted by molar-refractivity contribution is -0.274. The summed E-state index contributed by atoms with van der Waals surface area (Å²) in [4.78, 5) is 10.2. The summed E-state index contributed by atoms with van der Waals surface area (Å²) in [6.07, 6.45) is -2.76. The summed E-state index contributed by atoms with van der Waals surface area (Å²) in [6.45, 7) is 0. The number of carbonyl (C=O) groups is 1. The van der Waals surface area contributed by atoms with E-state index in [9.17, 15) is 18.0 Å². The van der Waals surface area contributed by atoms with E-state index in [2.05, 4.69) is 4.74 Å². The summed E-state index contributed by atoms with van der Waals surface area (Å²) in [6, 6.07) is 5.02. The number of carboxylic acid groups (broad SMARTS) is 1. The van der Waals surface area contributed by atoms with E-state index < -0.39 is 12.3 Å². The van der Waals surface area contributed by atoms with Crippen molar-refractivity contribution >= 4 is 12.0 Å². The van der Waals surface area contributed by atoms with Gasteiger partial charge in [0.2, 0.25) is 0 Å². The van der Waals surface area contributed by atoms with Crippen LogP contribution in [0.3, 0.4) is 0 Å². The average molecular weight is 232 g/mol. The van der Waals surface area contributed by atoms with E-state index in [0.29, 0.717) is 5.56 Å². The third-order valence-electron chi connectivity index (χ3n) is 1.51. The first-order chi connectivity index (χ1) is 7.37. The van der Waals surface area contributed by atoms with Crippen molar-refractivity contribution in [3.8, 4) is 5.75 Å². The molecule has 0 aliphatic rings. The van der Waals surface area contributed by atoms with Crippen molar-refractivity contribution in [2.45, 2.75) is 6.36 Å². The lowest BCUT2D eigenvalue weighted by atomic mass is 10.2. The number of carboxylic acids is 1. The van der Waals surface area contributed by atoms with Crippen LogP contribution in [0, 0.1) is 0 Å². The molecular weight excluding hydrogens is 225 g/mol.